The van der Waals surface area contributed by atoms with Gasteiger partial charge in [0, 0.05) is 20.2 Å². The van der Waals surface area contributed by atoms with Gasteiger partial charge in [-0.05, 0) is 69.9 Å². The summed E-state index contributed by atoms with van der Waals surface area (Å²) in [5, 5.41) is 7.95. The topological polar surface area (TPSA) is 0 Å². The van der Waals surface area contributed by atoms with E-state index in [0.29, 0.717) is 0 Å². The molecule has 0 saturated carbocycles. The molecule has 0 amide bonds. The minimum Gasteiger partial charge on any atom is -0.135 e. The van der Waals surface area contributed by atoms with Gasteiger partial charge >= 0.3 is 0 Å². The van der Waals surface area contributed by atoms with Crippen LogP contribution in [0.4, 0.5) is 0 Å². The van der Waals surface area contributed by atoms with Crippen LogP contribution >= 0.6 is 11.3 Å². The second-order valence-corrected chi connectivity index (χ2v) is 8.66. The minimum absolute atomic E-state index is 1.27. The fourth-order valence-electron chi connectivity index (χ4n) is 4.13. The van der Waals surface area contributed by atoms with Gasteiger partial charge in [-0.2, -0.15) is 0 Å². The molecule has 0 aliphatic carbocycles. The van der Waals surface area contributed by atoms with E-state index in [2.05, 4.69) is 97.9 Å². The molecule has 0 nitrogen and oxygen atoms in total. The first-order valence-electron chi connectivity index (χ1n) is 9.60. The van der Waals surface area contributed by atoms with E-state index in [1.807, 2.05) is 11.3 Å². The number of hydrogen-bond donors (Lipinski definition) is 0. The molecule has 0 saturated heterocycles. The molecule has 0 atom stereocenters. The summed E-state index contributed by atoms with van der Waals surface area (Å²) in [6.45, 7) is 2.13. The second-order valence-electron chi connectivity index (χ2n) is 7.57. The van der Waals surface area contributed by atoms with Crippen molar-refractivity contribution in [3.05, 3.63) is 96.6 Å². The maximum absolute atomic E-state index is 2.37. The lowest BCUT2D eigenvalue weighted by Gasteiger charge is -2.06. The molecule has 1 aromatic heterocycles. The molecular formula is C27H18S. The highest BCUT2D eigenvalue weighted by molar-refractivity contribution is 7.26. The molecule has 0 radical (unpaired) electrons. The van der Waals surface area contributed by atoms with Crippen LogP contribution in [0.15, 0.2) is 91.0 Å². The third-order valence-electron chi connectivity index (χ3n) is 5.68. The predicted octanol–water partition coefficient (Wildman–Crippen LogP) is 8.34. The molecule has 0 bridgehead atoms. The Kier molecular flexibility index (Phi) is 3.35. The van der Waals surface area contributed by atoms with Crippen LogP contribution in [-0.4, -0.2) is 0 Å². The second kappa shape index (κ2) is 5.92. The lowest BCUT2D eigenvalue weighted by molar-refractivity contribution is 1.47. The van der Waals surface area contributed by atoms with Crippen LogP contribution in [0.2, 0.25) is 0 Å². The fourth-order valence-corrected chi connectivity index (χ4v) is 5.30. The third-order valence-corrected chi connectivity index (χ3v) is 6.80. The van der Waals surface area contributed by atoms with Crippen molar-refractivity contribution in [1.82, 2.24) is 0 Å². The Morgan fingerprint density at radius 1 is 0.500 bits per heavy atom. The van der Waals surface area contributed by atoms with Crippen molar-refractivity contribution in [2.75, 3.05) is 0 Å². The lowest BCUT2D eigenvalue weighted by Crippen LogP contribution is -1.80. The summed E-state index contributed by atoms with van der Waals surface area (Å²) in [6, 6.07) is 33.6. The highest BCUT2D eigenvalue weighted by Gasteiger charge is 2.09. The molecule has 132 valence electrons. The molecule has 6 aromatic rings. The van der Waals surface area contributed by atoms with Gasteiger partial charge in [0.2, 0.25) is 0 Å². The van der Waals surface area contributed by atoms with Gasteiger partial charge in [-0.25, -0.2) is 0 Å². The van der Waals surface area contributed by atoms with Crippen LogP contribution in [0.1, 0.15) is 5.56 Å². The summed E-state index contributed by atoms with van der Waals surface area (Å²) in [5.74, 6) is 0. The molecule has 1 heterocycles. The molecule has 0 N–H and O–H groups in total. The van der Waals surface area contributed by atoms with E-state index in [4.69, 9.17) is 0 Å². The van der Waals surface area contributed by atoms with E-state index >= 15 is 0 Å². The summed E-state index contributed by atoms with van der Waals surface area (Å²) in [6.07, 6.45) is 0. The van der Waals surface area contributed by atoms with Crippen LogP contribution in [0.25, 0.3) is 52.8 Å². The Bertz CT molecular complexity index is 1500. The Morgan fingerprint density at radius 2 is 1.07 bits per heavy atom. The SMILES string of the molecule is Cc1ccc(-c2ccc3cc4sc5cc6ccccc6cc5c4cc3c2)cc1. The van der Waals surface area contributed by atoms with Crippen molar-refractivity contribution >= 4 is 53.1 Å². The molecule has 1 heteroatoms. The number of benzene rings is 5. The monoisotopic (exact) mass is 374 g/mol. The summed E-state index contributed by atoms with van der Waals surface area (Å²) in [5.41, 5.74) is 3.84. The summed E-state index contributed by atoms with van der Waals surface area (Å²) >= 11 is 1.89. The van der Waals surface area contributed by atoms with Crippen molar-refractivity contribution in [3.63, 3.8) is 0 Å². The van der Waals surface area contributed by atoms with Gasteiger partial charge in [-0.1, -0.05) is 66.2 Å². The average Bonchev–Trinajstić information content (AvgIpc) is 3.07. The maximum atomic E-state index is 2.37. The van der Waals surface area contributed by atoms with E-state index in [1.54, 1.807) is 0 Å². The molecule has 5 aromatic carbocycles. The lowest BCUT2D eigenvalue weighted by atomic mass is 9.99. The number of rotatable bonds is 1. The Labute approximate surface area is 167 Å². The number of hydrogen-bond acceptors (Lipinski definition) is 1. The van der Waals surface area contributed by atoms with Crippen LogP contribution in [0.5, 0.6) is 0 Å². The number of fused-ring (bicyclic) bond motifs is 5. The van der Waals surface area contributed by atoms with Crippen LogP contribution in [0, 0.1) is 6.92 Å². The standard InChI is InChI=1S/C27H18S/c1-17-6-8-18(9-7-17)21-10-11-22-16-27-25(14-23(22)12-21)24-13-19-4-2-3-5-20(19)15-26(24)28-27/h2-16H,1H3. The van der Waals surface area contributed by atoms with E-state index < -0.39 is 0 Å². The summed E-state index contributed by atoms with van der Waals surface area (Å²) < 4.78 is 2.73. The molecule has 6 rings (SSSR count). The smallest absolute Gasteiger partial charge is 0.0361 e. The van der Waals surface area contributed by atoms with Gasteiger partial charge in [0.15, 0.2) is 0 Å². The van der Waals surface area contributed by atoms with Gasteiger partial charge in [0.1, 0.15) is 0 Å². The first kappa shape index (κ1) is 15.9. The quantitative estimate of drug-likeness (QED) is 0.271. The van der Waals surface area contributed by atoms with Crippen LogP contribution in [0.3, 0.4) is 0 Å². The maximum Gasteiger partial charge on any atom is 0.0361 e. The number of thiophene rings is 1. The number of aryl methyl sites for hydroxylation is 1. The zero-order valence-corrected chi connectivity index (χ0v) is 16.4. The van der Waals surface area contributed by atoms with Gasteiger partial charge in [-0.3, -0.25) is 0 Å². The van der Waals surface area contributed by atoms with Gasteiger partial charge in [-0.15, -0.1) is 11.3 Å². The van der Waals surface area contributed by atoms with E-state index in [0.717, 1.165) is 0 Å². The summed E-state index contributed by atoms with van der Waals surface area (Å²) in [4.78, 5) is 0. The highest BCUT2D eigenvalue weighted by atomic mass is 32.1. The molecular weight excluding hydrogens is 356 g/mol. The molecule has 0 unspecified atom stereocenters. The van der Waals surface area contributed by atoms with Crippen LogP contribution in [-0.2, 0) is 0 Å². The molecule has 0 fully saturated rings. The van der Waals surface area contributed by atoms with E-state index in [1.165, 1.54) is 58.4 Å². The molecule has 0 spiro atoms. The third kappa shape index (κ3) is 2.44. The van der Waals surface area contributed by atoms with E-state index in [-0.39, 0.29) is 0 Å². The van der Waals surface area contributed by atoms with Crippen molar-refractivity contribution in [3.8, 4) is 11.1 Å². The zero-order valence-electron chi connectivity index (χ0n) is 15.6. The normalized spacial score (nSPS) is 11.8. The Balaban J connectivity index is 1.62. The van der Waals surface area contributed by atoms with Crippen molar-refractivity contribution in [1.29, 1.82) is 0 Å². The van der Waals surface area contributed by atoms with Gasteiger partial charge < -0.3 is 0 Å². The molecule has 28 heavy (non-hydrogen) atoms. The summed E-state index contributed by atoms with van der Waals surface area (Å²) in [7, 11) is 0. The van der Waals surface area contributed by atoms with Crippen LogP contribution < -0.4 is 0 Å². The first-order valence-corrected chi connectivity index (χ1v) is 10.4. The fraction of sp³-hybridized carbons (Fsp3) is 0.0370. The first-order chi connectivity index (χ1) is 13.7. The Morgan fingerprint density at radius 3 is 1.79 bits per heavy atom. The van der Waals surface area contributed by atoms with Crippen molar-refractivity contribution in [2.45, 2.75) is 6.92 Å². The highest BCUT2D eigenvalue weighted by Crippen LogP contribution is 2.39. The van der Waals surface area contributed by atoms with Gasteiger partial charge in [0.25, 0.3) is 0 Å². The van der Waals surface area contributed by atoms with Crippen molar-refractivity contribution < 1.29 is 0 Å². The van der Waals surface area contributed by atoms with E-state index in [9.17, 15) is 0 Å². The molecule has 0 aliphatic rings. The zero-order chi connectivity index (χ0) is 18.7. The minimum atomic E-state index is 1.27. The van der Waals surface area contributed by atoms with Gasteiger partial charge in [0.05, 0.1) is 0 Å². The average molecular weight is 375 g/mol. The largest absolute Gasteiger partial charge is 0.135 e. The molecule has 0 aliphatic heterocycles. The van der Waals surface area contributed by atoms with Crippen molar-refractivity contribution in [2.24, 2.45) is 0 Å². The predicted molar refractivity (Wildman–Crippen MR) is 125 cm³/mol. The Hall–Kier alpha value is -3.16.